The fourth-order valence-corrected chi connectivity index (χ4v) is 1.80. The number of hydrogen-bond acceptors (Lipinski definition) is 3. The molecule has 0 aromatic heterocycles. The van der Waals surface area contributed by atoms with Crippen LogP contribution in [0.4, 0.5) is 0 Å². The standard InChI is InChI=1S/C13H21NO2/c1-4-10-8-11(6-5-7-14)13(16-3)9-12(10)15-2/h8-9H,4-7,14H2,1-3H3. The second kappa shape index (κ2) is 6.38. The van der Waals surface area contributed by atoms with Crippen LogP contribution < -0.4 is 15.2 Å². The molecule has 0 radical (unpaired) electrons. The van der Waals surface area contributed by atoms with Crippen LogP contribution in [0.25, 0.3) is 0 Å². The topological polar surface area (TPSA) is 44.5 Å². The van der Waals surface area contributed by atoms with Gasteiger partial charge in [0.25, 0.3) is 0 Å². The van der Waals surface area contributed by atoms with Crippen molar-refractivity contribution in [2.75, 3.05) is 20.8 Å². The Kier molecular flexibility index (Phi) is 5.12. The van der Waals surface area contributed by atoms with Crippen LogP contribution in [0.1, 0.15) is 24.5 Å². The Morgan fingerprint density at radius 2 is 1.69 bits per heavy atom. The molecule has 0 aliphatic carbocycles. The lowest BCUT2D eigenvalue weighted by Crippen LogP contribution is -2.03. The van der Waals surface area contributed by atoms with Crippen LogP contribution in [0.3, 0.4) is 0 Å². The van der Waals surface area contributed by atoms with Gasteiger partial charge in [0.05, 0.1) is 14.2 Å². The van der Waals surface area contributed by atoms with E-state index in [9.17, 15) is 0 Å². The number of ether oxygens (including phenoxy) is 2. The Balaban J connectivity index is 3.05. The zero-order valence-corrected chi connectivity index (χ0v) is 10.4. The second-order valence-electron chi connectivity index (χ2n) is 3.72. The Morgan fingerprint density at radius 3 is 2.19 bits per heavy atom. The van der Waals surface area contributed by atoms with Crippen LogP contribution >= 0.6 is 0 Å². The lowest BCUT2D eigenvalue weighted by molar-refractivity contribution is 0.388. The van der Waals surface area contributed by atoms with Crippen molar-refractivity contribution in [3.63, 3.8) is 0 Å². The molecule has 0 unspecified atom stereocenters. The summed E-state index contributed by atoms with van der Waals surface area (Å²) < 4.78 is 10.7. The zero-order chi connectivity index (χ0) is 12.0. The second-order valence-corrected chi connectivity index (χ2v) is 3.72. The van der Waals surface area contributed by atoms with Crippen molar-refractivity contribution in [1.29, 1.82) is 0 Å². The first kappa shape index (κ1) is 12.8. The molecule has 0 aliphatic rings. The molecule has 2 N–H and O–H groups in total. The van der Waals surface area contributed by atoms with E-state index in [2.05, 4.69) is 13.0 Å². The highest BCUT2D eigenvalue weighted by Crippen LogP contribution is 2.30. The van der Waals surface area contributed by atoms with E-state index in [1.165, 1.54) is 11.1 Å². The third kappa shape index (κ3) is 2.89. The van der Waals surface area contributed by atoms with Gasteiger partial charge in [-0.15, -0.1) is 0 Å². The van der Waals surface area contributed by atoms with Crippen molar-refractivity contribution in [1.82, 2.24) is 0 Å². The maximum absolute atomic E-state index is 5.53. The summed E-state index contributed by atoms with van der Waals surface area (Å²) in [6.45, 7) is 2.83. The third-order valence-electron chi connectivity index (χ3n) is 2.71. The molecule has 0 heterocycles. The van der Waals surface area contributed by atoms with Gasteiger partial charge in [0.15, 0.2) is 0 Å². The highest BCUT2D eigenvalue weighted by molar-refractivity contribution is 5.46. The number of hydrogen-bond donors (Lipinski definition) is 1. The van der Waals surface area contributed by atoms with Gasteiger partial charge in [0, 0.05) is 6.07 Å². The van der Waals surface area contributed by atoms with Gasteiger partial charge in [-0.3, -0.25) is 0 Å². The van der Waals surface area contributed by atoms with Gasteiger partial charge in [-0.2, -0.15) is 0 Å². The Bertz CT molecular complexity index is 337. The molecule has 1 rings (SSSR count). The van der Waals surface area contributed by atoms with E-state index in [4.69, 9.17) is 15.2 Å². The summed E-state index contributed by atoms with van der Waals surface area (Å²) in [5.41, 5.74) is 7.96. The Labute approximate surface area is 97.6 Å². The Morgan fingerprint density at radius 1 is 1.06 bits per heavy atom. The SMILES string of the molecule is CCc1cc(CCCN)c(OC)cc1OC. The van der Waals surface area contributed by atoms with E-state index < -0.39 is 0 Å². The smallest absolute Gasteiger partial charge is 0.125 e. The first-order chi connectivity index (χ1) is 7.76. The van der Waals surface area contributed by atoms with Crippen molar-refractivity contribution < 1.29 is 9.47 Å². The predicted molar refractivity (Wildman–Crippen MR) is 66.3 cm³/mol. The molecule has 0 bridgehead atoms. The predicted octanol–water partition coefficient (Wildman–Crippen LogP) is 2.16. The molecule has 1 aromatic carbocycles. The first-order valence-corrected chi connectivity index (χ1v) is 5.70. The van der Waals surface area contributed by atoms with E-state index in [1.807, 2.05) is 6.07 Å². The van der Waals surface area contributed by atoms with Gasteiger partial charge in [-0.05, 0) is 43.0 Å². The molecular formula is C13H21NO2. The Hall–Kier alpha value is -1.22. The summed E-state index contributed by atoms with van der Waals surface area (Å²) in [5, 5.41) is 0. The average molecular weight is 223 g/mol. The van der Waals surface area contributed by atoms with Crippen LogP contribution in [-0.2, 0) is 12.8 Å². The number of rotatable bonds is 6. The molecule has 0 atom stereocenters. The normalized spacial score (nSPS) is 10.2. The summed E-state index contributed by atoms with van der Waals surface area (Å²) in [7, 11) is 3.37. The summed E-state index contributed by atoms with van der Waals surface area (Å²) in [6.07, 6.45) is 2.89. The van der Waals surface area contributed by atoms with E-state index in [0.29, 0.717) is 6.54 Å². The molecule has 1 aromatic rings. The number of nitrogens with two attached hydrogens (primary N) is 1. The van der Waals surface area contributed by atoms with Crippen molar-refractivity contribution in [3.8, 4) is 11.5 Å². The fraction of sp³-hybridized carbons (Fsp3) is 0.538. The maximum Gasteiger partial charge on any atom is 0.125 e. The third-order valence-corrected chi connectivity index (χ3v) is 2.71. The molecule has 16 heavy (non-hydrogen) atoms. The monoisotopic (exact) mass is 223 g/mol. The fourth-order valence-electron chi connectivity index (χ4n) is 1.80. The minimum atomic E-state index is 0.705. The van der Waals surface area contributed by atoms with Crippen LogP contribution in [0.2, 0.25) is 0 Å². The molecule has 0 amide bonds. The van der Waals surface area contributed by atoms with Gasteiger partial charge in [0.1, 0.15) is 11.5 Å². The van der Waals surface area contributed by atoms with Gasteiger partial charge in [0.2, 0.25) is 0 Å². The largest absolute Gasteiger partial charge is 0.496 e. The van der Waals surface area contributed by atoms with E-state index >= 15 is 0 Å². The first-order valence-electron chi connectivity index (χ1n) is 5.70. The molecule has 3 heteroatoms. The van der Waals surface area contributed by atoms with E-state index in [1.54, 1.807) is 14.2 Å². The summed E-state index contributed by atoms with van der Waals surface area (Å²) in [5.74, 6) is 1.79. The van der Waals surface area contributed by atoms with E-state index in [-0.39, 0.29) is 0 Å². The zero-order valence-electron chi connectivity index (χ0n) is 10.4. The number of benzene rings is 1. The van der Waals surface area contributed by atoms with Crippen LogP contribution in [0.15, 0.2) is 12.1 Å². The van der Waals surface area contributed by atoms with Crippen LogP contribution in [0, 0.1) is 0 Å². The van der Waals surface area contributed by atoms with Crippen molar-refractivity contribution in [3.05, 3.63) is 23.3 Å². The van der Waals surface area contributed by atoms with Crippen LogP contribution in [0.5, 0.6) is 11.5 Å². The minimum Gasteiger partial charge on any atom is -0.496 e. The molecule has 0 fully saturated rings. The van der Waals surface area contributed by atoms with Gasteiger partial charge in [-0.1, -0.05) is 6.92 Å². The van der Waals surface area contributed by atoms with Gasteiger partial charge < -0.3 is 15.2 Å². The summed E-state index contributed by atoms with van der Waals surface area (Å²) >= 11 is 0. The average Bonchev–Trinajstić information content (AvgIpc) is 2.35. The number of methoxy groups -OCH3 is 2. The van der Waals surface area contributed by atoms with Crippen molar-refractivity contribution in [2.45, 2.75) is 26.2 Å². The van der Waals surface area contributed by atoms with Gasteiger partial charge in [-0.25, -0.2) is 0 Å². The molecule has 0 aliphatic heterocycles. The lowest BCUT2D eigenvalue weighted by atomic mass is 10.0. The minimum absolute atomic E-state index is 0.705. The molecule has 0 saturated heterocycles. The van der Waals surface area contributed by atoms with Gasteiger partial charge >= 0.3 is 0 Å². The molecule has 0 saturated carbocycles. The molecule has 90 valence electrons. The van der Waals surface area contributed by atoms with E-state index in [0.717, 1.165) is 30.8 Å². The molecule has 0 spiro atoms. The summed E-state index contributed by atoms with van der Waals surface area (Å²) in [6, 6.07) is 4.12. The molecular weight excluding hydrogens is 202 g/mol. The highest BCUT2D eigenvalue weighted by atomic mass is 16.5. The summed E-state index contributed by atoms with van der Waals surface area (Å²) in [4.78, 5) is 0. The highest BCUT2D eigenvalue weighted by Gasteiger charge is 2.09. The lowest BCUT2D eigenvalue weighted by Gasteiger charge is -2.13. The van der Waals surface area contributed by atoms with Crippen molar-refractivity contribution >= 4 is 0 Å². The number of aryl methyl sites for hydroxylation is 2. The van der Waals surface area contributed by atoms with Crippen LogP contribution in [-0.4, -0.2) is 20.8 Å². The maximum atomic E-state index is 5.53. The quantitative estimate of drug-likeness (QED) is 0.803. The van der Waals surface area contributed by atoms with Crippen molar-refractivity contribution in [2.24, 2.45) is 5.73 Å². The molecule has 3 nitrogen and oxygen atoms in total.